The minimum atomic E-state index is -1.15. The number of carbonyl (C=O) groups is 1. The van der Waals surface area contributed by atoms with Gasteiger partial charge in [0.15, 0.2) is 6.29 Å². The van der Waals surface area contributed by atoms with E-state index in [0.29, 0.717) is 6.42 Å². The normalized spacial score (nSPS) is 37.5. The Balaban J connectivity index is 2.51. The van der Waals surface area contributed by atoms with E-state index < -0.39 is 24.2 Å². The summed E-state index contributed by atoms with van der Waals surface area (Å²) in [6.07, 6.45) is -1.31. The molecule has 0 aliphatic carbocycles. The monoisotopic (exact) mass is 161 g/mol. The highest BCUT2D eigenvalue weighted by atomic mass is 16.6. The van der Waals surface area contributed by atoms with Crippen molar-refractivity contribution in [1.29, 1.82) is 0 Å². The van der Waals surface area contributed by atoms with Crippen molar-refractivity contribution in [3.05, 3.63) is 0 Å². The molecule has 0 bridgehead atoms. The number of aliphatic hydroxyl groups is 2. The van der Waals surface area contributed by atoms with Gasteiger partial charge in [0, 0.05) is 0 Å². The molecule has 1 amide bonds. The lowest BCUT2D eigenvalue weighted by atomic mass is 10.0. The van der Waals surface area contributed by atoms with Gasteiger partial charge in [-0.1, -0.05) is 0 Å². The van der Waals surface area contributed by atoms with Crippen molar-refractivity contribution in [2.24, 2.45) is 11.7 Å². The Morgan fingerprint density at radius 2 is 2.36 bits per heavy atom. The molecule has 0 aromatic carbocycles. The molecule has 5 nitrogen and oxygen atoms in total. The average molecular weight is 161 g/mol. The predicted octanol–water partition coefficient (Wildman–Crippen LogP) is -1.81. The van der Waals surface area contributed by atoms with Crippen LogP contribution < -0.4 is 5.73 Å². The molecule has 0 radical (unpaired) electrons. The first kappa shape index (κ1) is 8.45. The van der Waals surface area contributed by atoms with E-state index >= 15 is 0 Å². The van der Waals surface area contributed by atoms with Crippen LogP contribution in [0, 0.1) is 5.92 Å². The fraction of sp³-hybridized carbons (Fsp3) is 0.833. The number of aliphatic hydroxyl groups excluding tert-OH is 2. The van der Waals surface area contributed by atoms with Crippen LogP contribution in [0.4, 0.5) is 0 Å². The molecule has 1 aliphatic heterocycles. The van der Waals surface area contributed by atoms with Gasteiger partial charge in [0.2, 0.25) is 5.91 Å². The standard InChI is InChI=1S/C6H11NO4/c7-5(9)4-1-3(2-8)11-6(4)10/h3-4,6,8,10H,1-2H2,(H2,7,9). The smallest absolute Gasteiger partial charge is 0.225 e. The molecule has 0 spiro atoms. The Kier molecular flexibility index (Phi) is 2.43. The summed E-state index contributed by atoms with van der Waals surface area (Å²) in [5, 5.41) is 17.6. The number of primary amides is 1. The van der Waals surface area contributed by atoms with Gasteiger partial charge < -0.3 is 20.7 Å². The SMILES string of the molecule is NC(=O)C1CC(CO)OC1O. The number of hydrogen-bond acceptors (Lipinski definition) is 4. The van der Waals surface area contributed by atoms with Crippen LogP contribution in [0.1, 0.15) is 6.42 Å². The number of amides is 1. The number of rotatable bonds is 2. The highest BCUT2D eigenvalue weighted by molar-refractivity contribution is 5.77. The summed E-state index contributed by atoms with van der Waals surface area (Å²) in [5.41, 5.74) is 4.94. The maximum atomic E-state index is 10.6. The summed E-state index contributed by atoms with van der Waals surface area (Å²) in [7, 11) is 0. The first-order chi connectivity index (χ1) is 5.15. The summed E-state index contributed by atoms with van der Waals surface area (Å²) in [5.74, 6) is -1.26. The number of ether oxygens (including phenoxy) is 1. The number of hydrogen-bond donors (Lipinski definition) is 3. The third-order valence-corrected chi connectivity index (χ3v) is 1.76. The van der Waals surface area contributed by atoms with Crippen molar-refractivity contribution >= 4 is 5.91 Å². The van der Waals surface area contributed by atoms with Crippen molar-refractivity contribution < 1.29 is 19.7 Å². The summed E-state index contributed by atoms with van der Waals surface area (Å²) in [4.78, 5) is 10.6. The van der Waals surface area contributed by atoms with Crippen LogP contribution in [0.15, 0.2) is 0 Å². The highest BCUT2D eigenvalue weighted by Gasteiger charge is 2.36. The first-order valence-electron chi connectivity index (χ1n) is 3.39. The fourth-order valence-electron chi connectivity index (χ4n) is 1.12. The molecule has 5 heteroatoms. The van der Waals surface area contributed by atoms with E-state index in [4.69, 9.17) is 20.7 Å². The molecular formula is C6H11NO4. The van der Waals surface area contributed by atoms with E-state index in [9.17, 15) is 4.79 Å². The third kappa shape index (κ3) is 1.68. The molecule has 64 valence electrons. The van der Waals surface area contributed by atoms with Gasteiger partial charge in [0.1, 0.15) is 0 Å². The van der Waals surface area contributed by atoms with Gasteiger partial charge in [-0.05, 0) is 6.42 Å². The molecule has 3 atom stereocenters. The van der Waals surface area contributed by atoms with E-state index in [1.807, 2.05) is 0 Å². The Morgan fingerprint density at radius 1 is 1.73 bits per heavy atom. The highest BCUT2D eigenvalue weighted by Crippen LogP contribution is 2.23. The van der Waals surface area contributed by atoms with Crippen molar-refractivity contribution in [3.8, 4) is 0 Å². The van der Waals surface area contributed by atoms with E-state index in [-0.39, 0.29) is 6.61 Å². The first-order valence-corrected chi connectivity index (χ1v) is 3.39. The van der Waals surface area contributed by atoms with Gasteiger partial charge in [-0.2, -0.15) is 0 Å². The molecule has 0 saturated carbocycles. The largest absolute Gasteiger partial charge is 0.394 e. The molecule has 4 N–H and O–H groups in total. The van der Waals surface area contributed by atoms with Gasteiger partial charge in [-0.15, -0.1) is 0 Å². The fourth-order valence-corrected chi connectivity index (χ4v) is 1.12. The van der Waals surface area contributed by atoms with Crippen LogP contribution in [0.3, 0.4) is 0 Å². The Bertz CT molecular complexity index is 161. The molecule has 1 rings (SSSR count). The Morgan fingerprint density at radius 3 is 2.64 bits per heavy atom. The van der Waals surface area contributed by atoms with Crippen LogP contribution in [-0.4, -0.2) is 35.1 Å². The van der Waals surface area contributed by atoms with Gasteiger partial charge in [-0.3, -0.25) is 4.79 Å². The summed E-state index contributed by atoms with van der Waals surface area (Å²) < 4.78 is 4.79. The predicted molar refractivity (Wildman–Crippen MR) is 35.3 cm³/mol. The van der Waals surface area contributed by atoms with Crippen molar-refractivity contribution in [2.75, 3.05) is 6.61 Å². The molecule has 1 aliphatic rings. The van der Waals surface area contributed by atoms with E-state index in [0.717, 1.165) is 0 Å². The topological polar surface area (TPSA) is 92.8 Å². The van der Waals surface area contributed by atoms with Crippen LogP contribution in [0.5, 0.6) is 0 Å². The molecule has 3 unspecified atom stereocenters. The van der Waals surface area contributed by atoms with Crippen LogP contribution >= 0.6 is 0 Å². The molecular weight excluding hydrogens is 150 g/mol. The number of carbonyl (C=O) groups excluding carboxylic acids is 1. The lowest BCUT2D eigenvalue weighted by Crippen LogP contribution is -2.29. The molecule has 0 aromatic rings. The molecule has 1 heterocycles. The quantitative estimate of drug-likeness (QED) is 0.445. The average Bonchev–Trinajstić information content (AvgIpc) is 2.30. The second kappa shape index (κ2) is 3.17. The third-order valence-electron chi connectivity index (χ3n) is 1.76. The zero-order valence-electron chi connectivity index (χ0n) is 5.93. The van der Waals surface area contributed by atoms with Crippen LogP contribution in [-0.2, 0) is 9.53 Å². The van der Waals surface area contributed by atoms with Crippen molar-refractivity contribution in [1.82, 2.24) is 0 Å². The zero-order chi connectivity index (χ0) is 8.43. The second-order valence-electron chi connectivity index (χ2n) is 2.58. The molecule has 0 aromatic heterocycles. The Hall–Kier alpha value is -0.650. The minimum Gasteiger partial charge on any atom is -0.394 e. The lowest BCUT2D eigenvalue weighted by Gasteiger charge is -2.07. The number of nitrogens with two attached hydrogens (primary N) is 1. The van der Waals surface area contributed by atoms with E-state index in [1.54, 1.807) is 0 Å². The lowest BCUT2D eigenvalue weighted by molar-refractivity contribution is -0.140. The van der Waals surface area contributed by atoms with Crippen LogP contribution in [0.2, 0.25) is 0 Å². The van der Waals surface area contributed by atoms with Gasteiger partial charge >= 0.3 is 0 Å². The van der Waals surface area contributed by atoms with Gasteiger partial charge in [0.05, 0.1) is 18.6 Å². The summed E-state index contributed by atoms with van der Waals surface area (Å²) in [6, 6.07) is 0. The van der Waals surface area contributed by atoms with Crippen molar-refractivity contribution in [3.63, 3.8) is 0 Å². The van der Waals surface area contributed by atoms with Gasteiger partial charge in [-0.25, -0.2) is 0 Å². The molecule has 11 heavy (non-hydrogen) atoms. The maximum Gasteiger partial charge on any atom is 0.225 e. The summed E-state index contributed by atoms with van der Waals surface area (Å²) in [6.45, 7) is -0.194. The second-order valence-corrected chi connectivity index (χ2v) is 2.58. The van der Waals surface area contributed by atoms with Gasteiger partial charge in [0.25, 0.3) is 0 Å². The van der Waals surface area contributed by atoms with E-state index in [2.05, 4.69) is 0 Å². The minimum absolute atomic E-state index is 0.194. The molecule has 1 saturated heterocycles. The van der Waals surface area contributed by atoms with Crippen LogP contribution in [0.25, 0.3) is 0 Å². The van der Waals surface area contributed by atoms with Crippen molar-refractivity contribution in [2.45, 2.75) is 18.8 Å². The molecule has 1 fully saturated rings. The summed E-state index contributed by atoms with van der Waals surface area (Å²) >= 11 is 0. The maximum absolute atomic E-state index is 10.6. The zero-order valence-corrected chi connectivity index (χ0v) is 5.93. The van der Waals surface area contributed by atoms with E-state index in [1.165, 1.54) is 0 Å². The Labute approximate surface area is 63.8 Å².